The molecule has 1 unspecified atom stereocenters. The van der Waals surface area contributed by atoms with E-state index >= 15 is 0 Å². The van der Waals surface area contributed by atoms with Gasteiger partial charge in [-0.25, -0.2) is 4.39 Å². The quantitative estimate of drug-likeness (QED) is 0.581. The second-order valence-electron chi connectivity index (χ2n) is 6.91. The van der Waals surface area contributed by atoms with E-state index in [2.05, 4.69) is 15.5 Å². The van der Waals surface area contributed by atoms with Crippen LogP contribution in [0.25, 0.3) is 10.9 Å². The lowest BCUT2D eigenvalue weighted by molar-refractivity contribution is -0.126. The highest BCUT2D eigenvalue weighted by Gasteiger charge is 2.37. The number of benzene rings is 2. The van der Waals surface area contributed by atoms with E-state index in [1.54, 1.807) is 31.4 Å². The number of H-pyrrole nitrogens is 1. The van der Waals surface area contributed by atoms with Crippen molar-refractivity contribution < 1.29 is 23.5 Å². The molecule has 1 aromatic heterocycles. The molecule has 1 atom stereocenters. The van der Waals surface area contributed by atoms with Gasteiger partial charge in [0.05, 0.1) is 30.5 Å². The number of rotatable bonds is 7. The van der Waals surface area contributed by atoms with Crippen LogP contribution in [-0.4, -0.2) is 48.8 Å². The number of carbonyl (C=O) groups excluding carboxylic acids is 2. The van der Waals surface area contributed by atoms with E-state index in [9.17, 15) is 14.0 Å². The summed E-state index contributed by atoms with van der Waals surface area (Å²) < 4.78 is 25.1. The van der Waals surface area contributed by atoms with Crippen LogP contribution in [0.5, 0.6) is 11.5 Å². The first-order chi connectivity index (χ1) is 14.6. The van der Waals surface area contributed by atoms with Crippen molar-refractivity contribution in [2.24, 2.45) is 5.92 Å². The molecular weight excluding hydrogens is 391 g/mol. The Balaban J connectivity index is 1.34. The molecule has 30 heavy (non-hydrogen) atoms. The Morgan fingerprint density at radius 3 is 2.87 bits per heavy atom. The number of carbonyl (C=O) groups is 2. The summed E-state index contributed by atoms with van der Waals surface area (Å²) >= 11 is 0. The van der Waals surface area contributed by atoms with Crippen molar-refractivity contribution in [3.05, 3.63) is 48.3 Å². The monoisotopic (exact) mass is 412 g/mol. The summed E-state index contributed by atoms with van der Waals surface area (Å²) in [5.74, 6) is -0.120. The van der Waals surface area contributed by atoms with E-state index in [0.717, 1.165) is 0 Å². The molecule has 2 N–H and O–H groups in total. The van der Waals surface area contributed by atoms with Gasteiger partial charge in [0.2, 0.25) is 11.8 Å². The minimum Gasteiger partial charge on any atom is -0.493 e. The van der Waals surface area contributed by atoms with Crippen molar-refractivity contribution >= 4 is 28.5 Å². The number of fused-ring (bicyclic) bond motifs is 1. The second-order valence-corrected chi connectivity index (χ2v) is 6.91. The topological polar surface area (TPSA) is 96.5 Å². The van der Waals surface area contributed by atoms with Gasteiger partial charge >= 0.3 is 0 Å². The number of nitrogens with zero attached hydrogens (tertiary/aromatic N) is 2. The second kappa shape index (κ2) is 8.40. The molecule has 9 heteroatoms. The normalized spacial score (nSPS) is 16.1. The number of nitrogens with one attached hydrogen (secondary N) is 2. The number of ether oxygens (including phenoxy) is 2. The summed E-state index contributed by atoms with van der Waals surface area (Å²) in [4.78, 5) is 26.3. The van der Waals surface area contributed by atoms with Crippen molar-refractivity contribution in [2.75, 3.05) is 31.7 Å². The Kier molecular flexibility index (Phi) is 5.51. The lowest BCUT2D eigenvalue weighted by Crippen LogP contribution is -2.35. The molecular formula is C21H21FN4O4. The summed E-state index contributed by atoms with van der Waals surface area (Å²) in [6.45, 7) is 0.680. The maximum absolute atomic E-state index is 14.2. The highest BCUT2D eigenvalue weighted by Crippen LogP contribution is 2.31. The molecule has 1 saturated heterocycles. The molecule has 0 spiro atoms. The maximum atomic E-state index is 14.2. The van der Waals surface area contributed by atoms with E-state index in [4.69, 9.17) is 9.47 Å². The molecule has 0 aliphatic carbocycles. The van der Waals surface area contributed by atoms with Gasteiger partial charge < -0.3 is 14.8 Å². The van der Waals surface area contributed by atoms with Gasteiger partial charge in [-0.1, -0.05) is 18.2 Å². The number of aromatic nitrogens is 2. The van der Waals surface area contributed by atoms with Gasteiger partial charge in [0.25, 0.3) is 0 Å². The Bertz CT molecular complexity index is 1080. The molecule has 156 valence electrons. The number of methoxy groups -OCH3 is 1. The Hall–Kier alpha value is -3.62. The van der Waals surface area contributed by atoms with Crippen molar-refractivity contribution in [2.45, 2.75) is 6.42 Å². The van der Waals surface area contributed by atoms with Gasteiger partial charge in [-0.15, -0.1) is 0 Å². The summed E-state index contributed by atoms with van der Waals surface area (Å²) in [5.41, 5.74) is 0.499. The van der Waals surface area contributed by atoms with Crippen LogP contribution in [0, 0.1) is 11.7 Å². The van der Waals surface area contributed by atoms with E-state index in [1.165, 1.54) is 11.0 Å². The molecule has 2 heterocycles. The predicted molar refractivity (Wildman–Crippen MR) is 108 cm³/mol. The van der Waals surface area contributed by atoms with Crippen molar-refractivity contribution in [3.8, 4) is 11.5 Å². The Morgan fingerprint density at radius 2 is 2.07 bits per heavy atom. The average Bonchev–Trinajstić information content (AvgIpc) is 3.35. The van der Waals surface area contributed by atoms with Crippen LogP contribution >= 0.6 is 0 Å². The number of hydrogen-bond donors (Lipinski definition) is 2. The van der Waals surface area contributed by atoms with Crippen LogP contribution in [0.1, 0.15) is 6.42 Å². The predicted octanol–water partition coefficient (Wildman–Crippen LogP) is 2.26. The first kappa shape index (κ1) is 19.7. The van der Waals surface area contributed by atoms with Crippen LogP contribution in [0.15, 0.2) is 42.5 Å². The van der Waals surface area contributed by atoms with Crippen LogP contribution in [0.4, 0.5) is 10.2 Å². The molecule has 1 aliphatic heterocycles. The largest absolute Gasteiger partial charge is 0.493 e. The number of para-hydroxylation sites is 2. The summed E-state index contributed by atoms with van der Waals surface area (Å²) in [7, 11) is 1.56. The molecule has 2 amide bonds. The first-order valence-electron chi connectivity index (χ1n) is 9.55. The molecule has 3 aromatic rings. The summed E-state index contributed by atoms with van der Waals surface area (Å²) in [6, 6.07) is 11.8. The molecule has 0 radical (unpaired) electrons. The zero-order valence-electron chi connectivity index (χ0n) is 16.4. The number of hydrogen-bond acceptors (Lipinski definition) is 5. The van der Waals surface area contributed by atoms with Gasteiger partial charge in [-0.2, -0.15) is 5.10 Å². The SMILES string of the molecule is COc1ccccc1OCCNC(=O)C1CC(=O)N(c2n[nH]c3cccc(F)c23)C1. The van der Waals surface area contributed by atoms with Gasteiger partial charge in [-0.3, -0.25) is 19.6 Å². The standard InChI is InChI=1S/C21H21FN4O4/c1-29-16-7-2-3-8-17(16)30-10-9-23-21(28)13-11-18(27)26(12-13)20-19-14(22)5-4-6-15(19)24-25-20/h2-8,13H,9-12H2,1H3,(H,23,28)(H,24,25). The van der Waals surface area contributed by atoms with Crippen molar-refractivity contribution in [1.82, 2.24) is 15.5 Å². The first-order valence-corrected chi connectivity index (χ1v) is 9.55. The van der Waals surface area contributed by atoms with E-state index in [1.807, 2.05) is 12.1 Å². The number of halogens is 1. The van der Waals surface area contributed by atoms with E-state index < -0.39 is 11.7 Å². The molecule has 1 fully saturated rings. The summed E-state index contributed by atoms with van der Waals surface area (Å²) in [5, 5.41) is 9.84. The minimum absolute atomic E-state index is 0.0437. The van der Waals surface area contributed by atoms with Gasteiger partial charge in [0.1, 0.15) is 12.4 Å². The van der Waals surface area contributed by atoms with Gasteiger partial charge in [0, 0.05) is 13.0 Å². The van der Waals surface area contributed by atoms with Gasteiger partial charge in [-0.05, 0) is 24.3 Å². The van der Waals surface area contributed by atoms with Crippen molar-refractivity contribution in [3.63, 3.8) is 0 Å². The Labute approximate surface area is 172 Å². The molecule has 2 aromatic carbocycles. The number of amides is 2. The van der Waals surface area contributed by atoms with Crippen LogP contribution in [-0.2, 0) is 9.59 Å². The highest BCUT2D eigenvalue weighted by molar-refractivity contribution is 6.05. The molecule has 0 bridgehead atoms. The molecule has 4 rings (SSSR count). The van der Waals surface area contributed by atoms with E-state index in [-0.39, 0.29) is 49.1 Å². The molecule has 0 saturated carbocycles. The minimum atomic E-state index is -0.540. The van der Waals surface area contributed by atoms with Gasteiger partial charge in [0.15, 0.2) is 17.3 Å². The highest BCUT2D eigenvalue weighted by atomic mass is 19.1. The fraction of sp³-hybridized carbons (Fsp3) is 0.286. The fourth-order valence-electron chi connectivity index (χ4n) is 3.51. The number of aromatic amines is 1. The third kappa shape index (κ3) is 3.78. The Morgan fingerprint density at radius 1 is 1.27 bits per heavy atom. The van der Waals surface area contributed by atoms with Crippen molar-refractivity contribution in [1.29, 1.82) is 0 Å². The van der Waals surface area contributed by atoms with Crippen LogP contribution < -0.4 is 19.7 Å². The average molecular weight is 412 g/mol. The van der Waals surface area contributed by atoms with Crippen LogP contribution in [0.3, 0.4) is 0 Å². The fourth-order valence-corrected chi connectivity index (χ4v) is 3.51. The lowest BCUT2D eigenvalue weighted by atomic mass is 10.1. The number of anilines is 1. The maximum Gasteiger partial charge on any atom is 0.229 e. The molecule has 8 nitrogen and oxygen atoms in total. The third-order valence-electron chi connectivity index (χ3n) is 5.00. The van der Waals surface area contributed by atoms with E-state index in [0.29, 0.717) is 17.0 Å². The summed E-state index contributed by atoms with van der Waals surface area (Å²) in [6.07, 6.45) is 0.0437. The third-order valence-corrected chi connectivity index (χ3v) is 5.00. The zero-order valence-corrected chi connectivity index (χ0v) is 16.4. The molecule has 1 aliphatic rings. The van der Waals surface area contributed by atoms with Crippen LogP contribution in [0.2, 0.25) is 0 Å². The lowest BCUT2D eigenvalue weighted by Gasteiger charge is -2.15. The zero-order chi connectivity index (χ0) is 21.1. The smallest absolute Gasteiger partial charge is 0.229 e.